The van der Waals surface area contributed by atoms with Gasteiger partial charge in [0.05, 0.1) is 10.9 Å². The number of benzene rings is 2. The van der Waals surface area contributed by atoms with Crippen molar-refractivity contribution in [1.29, 1.82) is 0 Å². The third-order valence-electron chi connectivity index (χ3n) is 7.42. The minimum absolute atomic E-state index is 0.0883. The number of sulfonamides is 1. The van der Waals surface area contributed by atoms with Crippen molar-refractivity contribution in [1.82, 2.24) is 14.1 Å². The number of fused-ring (bicyclic) bond motifs is 1. The highest BCUT2D eigenvalue weighted by atomic mass is 35.5. The maximum atomic E-state index is 13.3. The predicted octanol–water partition coefficient (Wildman–Crippen LogP) is 4.97. The van der Waals surface area contributed by atoms with Gasteiger partial charge in [0.15, 0.2) is 0 Å². The molecule has 1 fully saturated rings. The van der Waals surface area contributed by atoms with Gasteiger partial charge in [0, 0.05) is 55.6 Å². The monoisotopic (exact) mass is 557 g/mol. The third-order valence-corrected chi connectivity index (χ3v) is 10.6. The number of amides is 1. The van der Waals surface area contributed by atoms with Crippen LogP contribution < -0.4 is 0 Å². The SMILES string of the molecule is Cc1ccccc1C1c2ccsc2CCN1CCC(=O)N1CCCN(S(=O)(=O)c2ccc(Cl)cc2)CC1. The molecule has 1 amide bonds. The summed E-state index contributed by atoms with van der Waals surface area (Å²) in [5, 5.41) is 2.67. The molecule has 2 aromatic carbocycles. The second-order valence-corrected chi connectivity index (χ2v) is 13.1. The van der Waals surface area contributed by atoms with Crippen LogP contribution >= 0.6 is 22.9 Å². The van der Waals surface area contributed by atoms with E-state index < -0.39 is 10.0 Å². The van der Waals surface area contributed by atoms with E-state index in [-0.39, 0.29) is 16.8 Å². The van der Waals surface area contributed by atoms with Crippen molar-refractivity contribution in [3.8, 4) is 0 Å². The first-order valence-corrected chi connectivity index (χ1v) is 15.4. The summed E-state index contributed by atoms with van der Waals surface area (Å²) in [4.78, 5) is 19.2. The standard InChI is InChI=1S/C28H32ClN3O3S2/c1-21-5-2-3-6-24(21)28-25-13-20-36-26(25)11-16-31(28)17-12-27(33)30-14-4-15-32(19-18-30)37(34,35)23-9-7-22(29)8-10-23/h2-3,5-10,13,20,28H,4,11-12,14-19H2,1H3. The molecular weight excluding hydrogens is 526 g/mol. The second-order valence-electron chi connectivity index (χ2n) is 9.69. The Balaban J connectivity index is 1.24. The molecule has 0 saturated carbocycles. The molecule has 0 N–H and O–H groups in total. The van der Waals surface area contributed by atoms with E-state index in [0.29, 0.717) is 50.6 Å². The van der Waals surface area contributed by atoms with Crippen molar-refractivity contribution in [2.24, 2.45) is 0 Å². The van der Waals surface area contributed by atoms with Gasteiger partial charge in [0.2, 0.25) is 15.9 Å². The summed E-state index contributed by atoms with van der Waals surface area (Å²) < 4.78 is 27.7. The van der Waals surface area contributed by atoms with Crippen LogP contribution in [0.15, 0.2) is 64.9 Å². The van der Waals surface area contributed by atoms with E-state index in [4.69, 9.17) is 11.6 Å². The molecule has 2 aliphatic heterocycles. The Morgan fingerprint density at radius 1 is 0.973 bits per heavy atom. The molecule has 0 spiro atoms. The van der Waals surface area contributed by atoms with E-state index in [1.807, 2.05) is 16.2 Å². The van der Waals surface area contributed by atoms with E-state index in [1.54, 1.807) is 12.1 Å². The number of nitrogens with zero attached hydrogens (tertiary/aromatic N) is 3. The van der Waals surface area contributed by atoms with E-state index in [2.05, 4.69) is 47.5 Å². The van der Waals surface area contributed by atoms with Crippen LogP contribution in [0.2, 0.25) is 5.02 Å². The van der Waals surface area contributed by atoms with Gasteiger partial charge in [-0.3, -0.25) is 9.69 Å². The molecule has 3 aromatic rings. The summed E-state index contributed by atoms with van der Waals surface area (Å²) in [5.41, 5.74) is 3.92. The lowest BCUT2D eigenvalue weighted by atomic mass is 9.90. The lowest BCUT2D eigenvalue weighted by molar-refractivity contribution is -0.131. The maximum Gasteiger partial charge on any atom is 0.243 e. The number of carbonyl (C=O) groups excluding carboxylic acids is 1. The minimum atomic E-state index is -3.62. The summed E-state index contributed by atoms with van der Waals surface area (Å²) >= 11 is 7.75. The number of aryl methyl sites for hydroxylation is 1. The summed E-state index contributed by atoms with van der Waals surface area (Å²) in [5.74, 6) is 0.0883. The Labute approximate surface area is 228 Å². The van der Waals surface area contributed by atoms with Gasteiger partial charge in [-0.15, -0.1) is 11.3 Å². The van der Waals surface area contributed by atoms with Gasteiger partial charge in [-0.05, 0) is 72.2 Å². The predicted molar refractivity (Wildman–Crippen MR) is 149 cm³/mol. The molecule has 1 aromatic heterocycles. The minimum Gasteiger partial charge on any atom is -0.341 e. The summed E-state index contributed by atoms with van der Waals surface area (Å²) in [7, 11) is -3.62. The van der Waals surface area contributed by atoms with Crippen LogP contribution in [-0.2, 0) is 21.2 Å². The van der Waals surface area contributed by atoms with Crippen molar-refractivity contribution in [3.05, 3.63) is 86.6 Å². The Morgan fingerprint density at radius 3 is 2.54 bits per heavy atom. The zero-order chi connectivity index (χ0) is 26.0. The summed E-state index contributed by atoms with van der Waals surface area (Å²) in [6.45, 7) is 5.42. The Bertz CT molecular complexity index is 1360. The Kier molecular flexibility index (Phi) is 8.02. The van der Waals surface area contributed by atoms with Crippen LogP contribution in [0, 0.1) is 6.92 Å². The first-order valence-electron chi connectivity index (χ1n) is 12.7. The van der Waals surface area contributed by atoms with Crippen LogP contribution in [0.1, 0.15) is 40.5 Å². The van der Waals surface area contributed by atoms with Gasteiger partial charge >= 0.3 is 0 Å². The average Bonchev–Trinajstić information content (AvgIpc) is 3.22. The normalized spacial score (nSPS) is 19.4. The molecule has 5 rings (SSSR count). The molecular formula is C28H32ClN3O3S2. The molecule has 9 heteroatoms. The van der Waals surface area contributed by atoms with Gasteiger partial charge in [-0.25, -0.2) is 8.42 Å². The molecule has 37 heavy (non-hydrogen) atoms. The van der Waals surface area contributed by atoms with Crippen molar-refractivity contribution in [2.45, 2.75) is 37.1 Å². The van der Waals surface area contributed by atoms with Crippen LogP contribution in [0.4, 0.5) is 0 Å². The van der Waals surface area contributed by atoms with Gasteiger partial charge in [-0.2, -0.15) is 4.31 Å². The van der Waals surface area contributed by atoms with Gasteiger partial charge < -0.3 is 4.90 Å². The lowest BCUT2D eigenvalue weighted by Crippen LogP contribution is -2.41. The Morgan fingerprint density at radius 2 is 1.76 bits per heavy atom. The molecule has 0 aliphatic carbocycles. The largest absolute Gasteiger partial charge is 0.341 e. The van der Waals surface area contributed by atoms with Crippen molar-refractivity contribution < 1.29 is 13.2 Å². The highest BCUT2D eigenvalue weighted by Crippen LogP contribution is 2.38. The molecule has 2 aliphatic rings. The maximum absolute atomic E-state index is 13.3. The zero-order valence-electron chi connectivity index (χ0n) is 21.0. The first-order chi connectivity index (χ1) is 17.8. The van der Waals surface area contributed by atoms with Crippen LogP contribution in [0.5, 0.6) is 0 Å². The molecule has 1 saturated heterocycles. The number of rotatable bonds is 6. The van der Waals surface area contributed by atoms with Gasteiger partial charge in [0.1, 0.15) is 0 Å². The van der Waals surface area contributed by atoms with Crippen LogP contribution in [0.25, 0.3) is 0 Å². The fourth-order valence-corrected chi connectivity index (χ4v) is 7.90. The zero-order valence-corrected chi connectivity index (χ0v) is 23.4. The third kappa shape index (κ3) is 5.64. The number of carbonyl (C=O) groups is 1. The first kappa shape index (κ1) is 26.4. The van der Waals surface area contributed by atoms with Crippen LogP contribution in [0.3, 0.4) is 0 Å². The van der Waals surface area contributed by atoms with E-state index >= 15 is 0 Å². The fraction of sp³-hybridized carbons (Fsp3) is 0.393. The van der Waals surface area contributed by atoms with Crippen molar-refractivity contribution in [3.63, 3.8) is 0 Å². The molecule has 1 unspecified atom stereocenters. The molecule has 6 nitrogen and oxygen atoms in total. The van der Waals surface area contributed by atoms with E-state index in [9.17, 15) is 13.2 Å². The molecule has 3 heterocycles. The fourth-order valence-electron chi connectivity index (χ4n) is 5.40. The highest BCUT2D eigenvalue weighted by molar-refractivity contribution is 7.89. The Hall–Kier alpha value is -2.23. The molecule has 0 bridgehead atoms. The summed E-state index contributed by atoms with van der Waals surface area (Å²) in [6.07, 6.45) is 2.04. The smallest absolute Gasteiger partial charge is 0.243 e. The number of halogens is 1. The van der Waals surface area contributed by atoms with Gasteiger partial charge in [0.25, 0.3) is 0 Å². The molecule has 1 atom stereocenters. The number of hydrogen-bond donors (Lipinski definition) is 0. The van der Waals surface area contributed by atoms with Gasteiger partial charge in [-0.1, -0.05) is 35.9 Å². The number of hydrogen-bond acceptors (Lipinski definition) is 5. The second kappa shape index (κ2) is 11.3. The molecule has 196 valence electrons. The van der Waals surface area contributed by atoms with E-state index in [1.165, 1.54) is 38.0 Å². The molecule has 0 radical (unpaired) electrons. The topological polar surface area (TPSA) is 60.9 Å². The van der Waals surface area contributed by atoms with Crippen molar-refractivity contribution >= 4 is 38.9 Å². The lowest BCUT2D eigenvalue weighted by Gasteiger charge is -2.37. The number of thiophene rings is 1. The average molecular weight is 558 g/mol. The summed E-state index contributed by atoms with van der Waals surface area (Å²) in [6, 6.07) is 17.2. The van der Waals surface area contributed by atoms with E-state index in [0.717, 1.165) is 13.0 Å². The van der Waals surface area contributed by atoms with Crippen LogP contribution in [-0.4, -0.2) is 67.7 Å². The highest BCUT2D eigenvalue weighted by Gasteiger charge is 2.32. The quantitative estimate of drug-likeness (QED) is 0.429. The van der Waals surface area contributed by atoms with Crippen molar-refractivity contribution in [2.75, 3.05) is 39.3 Å².